The first-order chi connectivity index (χ1) is 12.7. The van der Waals surface area contributed by atoms with Gasteiger partial charge in [-0.05, 0) is 43.7 Å². The normalized spacial score (nSPS) is 22.3. The molecule has 2 atom stereocenters. The lowest BCUT2D eigenvalue weighted by molar-refractivity contribution is 0.0961. The summed E-state index contributed by atoms with van der Waals surface area (Å²) >= 11 is 0. The second-order valence-corrected chi connectivity index (χ2v) is 7.11. The van der Waals surface area contributed by atoms with Crippen molar-refractivity contribution in [3.8, 4) is 11.5 Å². The van der Waals surface area contributed by atoms with Crippen LogP contribution in [-0.2, 0) is 0 Å². The maximum atomic E-state index is 12.6. The van der Waals surface area contributed by atoms with E-state index >= 15 is 0 Å². The molecular weight excluding hydrogens is 326 g/mol. The number of carbonyl (C=O) groups is 1. The van der Waals surface area contributed by atoms with Gasteiger partial charge in [0.05, 0.1) is 0 Å². The maximum Gasteiger partial charge on any atom is 0.164 e. The van der Waals surface area contributed by atoms with E-state index in [0.717, 1.165) is 25.3 Å². The number of Topliss-reactive ketones (excluding diaryl/α,β-unsaturated/α-hetero) is 1. The van der Waals surface area contributed by atoms with E-state index in [-0.39, 0.29) is 5.78 Å². The van der Waals surface area contributed by atoms with Crippen LogP contribution in [0.2, 0.25) is 0 Å². The molecule has 2 aliphatic heterocycles. The van der Waals surface area contributed by atoms with Crippen molar-refractivity contribution in [2.45, 2.75) is 31.7 Å². The molecule has 0 bridgehead atoms. The van der Waals surface area contributed by atoms with Gasteiger partial charge in [0.25, 0.3) is 0 Å². The monoisotopic (exact) mass is 351 g/mol. The summed E-state index contributed by atoms with van der Waals surface area (Å²) in [6.07, 6.45) is 1.69. The fourth-order valence-electron chi connectivity index (χ4n) is 4.07. The lowest BCUT2D eigenvalue weighted by Gasteiger charge is -2.24. The van der Waals surface area contributed by atoms with Crippen LogP contribution in [0.4, 0.5) is 0 Å². The molecular formula is C22H25NO3. The number of ether oxygens (including phenoxy) is 2. The second-order valence-electron chi connectivity index (χ2n) is 7.11. The van der Waals surface area contributed by atoms with Crippen LogP contribution >= 0.6 is 0 Å². The van der Waals surface area contributed by atoms with E-state index in [1.54, 1.807) is 0 Å². The van der Waals surface area contributed by atoms with Crippen LogP contribution in [-0.4, -0.2) is 43.0 Å². The predicted octanol–water partition coefficient (Wildman–Crippen LogP) is 3.91. The first-order valence-electron chi connectivity index (χ1n) is 9.44. The Labute approximate surface area is 154 Å². The number of hydrogen-bond donors (Lipinski definition) is 0. The van der Waals surface area contributed by atoms with Crippen molar-refractivity contribution in [2.24, 2.45) is 0 Å². The van der Waals surface area contributed by atoms with E-state index in [1.807, 2.05) is 18.2 Å². The van der Waals surface area contributed by atoms with Gasteiger partial charge < -0.3 is 9.47 Å². The molecule has 0 spiro atoms. The lowest BCUT2D eigenvalue weighted by Crippen LogP contribution is -2.31. The third-order valence-electron chi connectivity index (χ3n) is 5.60. The lowest BCUT2D eigenvalue weighted by atomic mass is 9.93. The molecule has 2 aliphatic rings. The molecule has 4 rings (SSSR count). The summed E-state index contributed by atoms with van der Waals surface area (Å²) in [5.74, 6) is 2.13. The molecule has 0 aromatic heterocycles. The summed E-state index contributed by atoms with van der Waals surface area (Å²) in [6.45, 7) is 5.23. The molecule has 0 N–H and O–H groups in total. The van der Waals surface area contributed by atoms with Crippen LogP contribution < -0.4 is 9.47 Å². The zero-order valence-corrected chi connectivity index (χ0v) is 15.2. The highest BCUT2D eigenvalue weighted by molar-refractivity contribution is 5.96. The Morgan fingerprint density at radius 2 is 1.85 bits per heavy atom. The number of nitrogens with zero attached hydrogens (tertiary/aromatic N) is 1. The Kier molecular flexibility index (Phi) is 4.93. The van der Waals surface area contributed by atoms with Gasteiger partial charge in [0.15, 0.2) is 17.3 Å². The average molecular weight is 351 g/mol. The topological polar surface area (TPSA) is 38.8 Å². The fourth-order valence-corrected chi connectivity index (χ4v) is 4.07. The third kappa shape index (κ3) is 3.47. The molecule has 0 aliphatic carbocycles. The third-order valence-corrected chi connectivity index (χ3v) is 5.60. The number of ketones is 1. The van der Waals surface area contributed by atoms with E-state index in [1.165, 1.54) is 5.56 Å². The standard InChI is InChI=1S/C22H25NO3/c1-16-19(17-5-3-2-4-6-17)9-11-23(16)12-10-20(24)18-7-8-21-22(15-18)26-14-13-25-21/h2-8,15-16,19H,9-14H2,1H3. The molecule has 4 heteroatoms. The largest absolute Gasteiger partial charge is 0.486 e. The van der Waals surface area contributed by atoms with Gasteiger partial charge in [-0.25, -0.2) is 0 Å². The highest BCUT2D eigenvalue weighted by Crippen LogP contribution is 2.34. The molecule has 2 unspecified atom stereocenters. The molecule has 4 nitrogen and oxygen atoms in total. The van der Waals surface area contributed by atoms with Gasteiger partial charge in [-0.15, -0.1) is 0 Å². The Morgan fingerprint density at radius 1 is 1.08 bits per heavy atom. The minimum atomic E-state index is 0.164. The highest BCUT2D eigenvalue weighted by Gasteiger charge is 2.31. The zero-order valence-electron chi connectivity index (χ0n) is 15.2. The average Bonchev–Trinajstić information content (AvgIpc) is 3.07. The second kappa shape index (κ2) is 7.50. The molecule has 136 valence electrons. The van der Waals surface area contributed by atoms with Crippen molar-refractivity contribution in [1.29, 1.82) is 0 Å². The Balaban J connectivity index is 1.36. The van der Waals surface area contributed by atoms with Crippen LogP contribution in [0.5, 0.6) is 11.5 Å². The predicted molar refractivity (Wildman–Crippen MR) is 101 cm³/mol. The Hall–Kier alpha value is -2.33. The number of fused-ring (bicyclic) bond motifs is 1. The van der Waals surface area contributed by atoms with E-state index in [4.69, 9.17) is 9.47 Å². The summed E-state index contributed by atoms with van der Waals surface area (Å²) in [6, 6.07) is 16.7. The number of likely N-dealkylation sites (tertiary alicyclic amines) is 1. The zero-order chi connectivity index (χ0) is 17.9. The molecule has 2 aromatic rings. The molecule has 26 heavy (non-hydrogen) atoms. The molecule has 2 aromatic carbocycles. The molecule has 0 radical (unpaired) electrons. The van der Waals surface area contributed by atoms with Crippen molar-refractivity contribution >= 4 is 5.78 Å². The van der Waals surface area contributed by atoms with Crippen molar-refractivity contribution in [1.82, 2.24) is 4.90 Å². The van der Waals surface area contributed by atoms with E-state index in [9.17, 15) is 4.79 Å². The minimum absolute atomic E-state index is 0.164. The summed E-state index contributed by atoms with van der Waals surface area (Å²) < 4.78 is 11.1. The van der Waals surface area contributed by atoms with Crippen molar-refractivity contribution in [2.75, 3.05) is 26.3 Å². The van der Waals surface area contributed by atoms with E-state index in [0.29, 0.717) is 42.9 Å². The number of carbonyl (C=O) groups excluding carboxylic acids is 1. The van der Waals surface area contributed by atoms with Crippen LogP contribution in [0, 0.1) is 0 Å². The van der Waals surface area contributed by atoms with Crippen LogP contribution in [0.1, 0.15) is 41.6 Å². The van der Waals surface area contributed by atoms with Crippen molar-refractivity contribution in [3.63, 3.8) is 0 Å². The quantitative estimate of drug-likeness (QED) is 0.766. The van der Waals surface area contributed by atoms with E-state index < -0.39 is 0 Å². The first-order valence-corrected chi connectivity index (χ1v) is 9.44. The summed E-state index contributed by atoms with van der Waals surface area (Å²) in [5, 5.41) is 0. The SMILES string of the molecule is CC1C(c2ccccc2)CCN1CCC(=O)c1ccc2c(c1)OCCO2. The minimum Gasteiger partial charge on any atom is -0.486 e. The summed E-state index contributed by atoms with van der Waals surface area (Å²) in [5.41, 5.74) is 2.11. The van der Waals surface area contributed by atoms with Crippen molar-refractivity contribution < 1.29 is 14.3 Å². The maximum absolute atomic E-state index is 12.6. The van der Waals surface area contributed by atoms with Gasteiger partial charge in [0.1, 0.15) is 13.2 Å². The van der Waals surface area contributed by atoms with Gasteiger partial charge >= 0.3 is 0 Å². The molecule has 1 fully saturated rings. The number of benzene rings is 2. The number of hydrogen-bond acceptors (Lipinski definition) is 4. The molecule has 2 heterocycles. The van der Waals surface area contributed by atoms with Crippen LogP contribution in [0.3, 0.4) is 0 Å². The highest BCUT2D eigenvalue weighted by atomic mass is 16.6. The van der Waals surface area contributed by atoms with Gasteiger partial charge in [0, 0.05) is 30.5 Å². The Bertz CT molecular complexity index is 774. The van der Waals surface area contributed by atoms with Gasteiger partial charge in [-0.1, -0.05) is 30.3 Å². The van der Waals surface area contributed by atoms with E-state index in [2.05, 4.69) is 42.2 Å². The molecule has 0 amide bonds. The number of rotatable bonds is 5. The first kappa shape index (κ1) is 17.1. The molecule has 0 saturated carbocycles. The van der Waals surface area contributed by atoms with Gasteiger partial charge in [0.2, 0.25) is 0 Å². The van der Waals surface area contributed by atoms with Crippen LogP contribution in [0.25, 0.3) is 0 Å². The van der Waals surface area contributed by atoms with Gasteiger partial charge in [-0.3, -0.25) is 9.69 Å². The smallest absolute Gasteiger partial charge is 0.164 e. The van der Waals surface area contributed by atoms with Crippen LogP contribution in [0.15, 0.2) is 48.5 Å². The van der Waals surface area contributed by atoms with Crippen molar-refractivity contribution in [3.05, 3.63) is 59.7 Å². The summed E-state index contributed by atoms with van der Waals surface area (Å²) in [4.78, 5) is 15.1. The van der Waals surface area contributed by atoms with Gasteiger partial charge in [-0.2, -0.15) is 0 Å². The fraction of sp³-hybridized carbons (Fsp3) is 0.409. The molecule has 1 saturated heterocycles. The Morgan fingerprint density at radius 3 is 2.65 bits per heavy atom. The summed E-state index contributed by atoms with van der Waals surface area (Å²) in [7, 11) is 0.